The van der Waals surface area contributed by atoms with Crippen LogP contribution in [0.15, 0.2) is 30.5 Å². The van der Waals surface area contributed by atoms with Crippen molar-refractivity contribution in [3.63, 3.8) is 0 Å². The van der Waals surface area contributed by atoms with E-state index >= 15 is 0 Å². The molecular formula is C21H29N3O3. The van der Waals surface area contributed by atoms with Crippen LogP contribution in [0.1, 0.15) is 37.7 Å². The number of carboxylic acids is 1. The number of aromatic nitrogens is 1. The molecule has 1 amide bonds. The quantitative estimate of drug-likeness (QED) is 0.633. The predicted molar refractivity (Wildman–Crippen MR) is 106 cm³/mol. The Labute approximate surface area is 159 Å². The van der Waals surface area contributed by atoms with Gasteiger partial charge in [0.05, 0.1) is 6.42 Å². The number of aliphatic carboxylic acids is 1. The summed E-state index contributed by atoms with van der Waals surface area (Å²) in [7, 11) is 0. The van der Waals surface area contributed by atoms with Crippen molar-refractivity contribution in [1.82, 2.24) is 15.2 Å². The van der Waals surface area contributed by atoms with Gasteiger partial charge >= 0.3 is 5.97 Å². The van der Waals surface area contributed by atoms with E-state index in [0.29, 0.717) is 12.8 Å². The van der Waals surface area contributed by atoms with Crippen molar-refractivity contribution in [2.45, 2.75) is 45.1 Å². The van der Waals surface area contributed by atoms with Gasteiger partial charge in [0.2, 0.25) is 5.91 Å². The van der Waals surface area contributed by atoms with Crippen molar-refractivity contribution in [1.29, 1.82) is 0 Å². The van der Waals surface area contributed by atoms with E-state index in [4.69, 9.17) is 5.11 Å². The number of carbonyl (C=O) groups excluding carboxylic acids is 1. The van der Waals surface area contributed by atoms with Crippen LogP contribution in [0.3, 0.4) is 0 Å². The normalized spacial score (nSPS) is 15.1. The third kappa shape index (κ3) is 5.57. The molecule has 0 aliphatic carbocycles. The molecule has 1 fully saturated rings. The summed E-state index contributed by atoms with van der Waals surface area (Å²) < 4.78 is 2.33. The first-order valence-electron chi connectivity index (χ1n) is 9.89. The number of nitrogens with one attached hydrogen (secondary N) is 2. The van der Waals surface area contributed by atoms with Gasteiger partial charge in [0.15, 0.2) is 0 Å². The van der Waals surface area contributed by atoms with Crippen molar-refractivity contribution in [2.75, 3.05) is 19.6 Å². The van der Waals surface area contributed by atoms with Gasteiger partial charge in [-0.2, -0.15) is 0 Å². The average molecular weight is 371 g/mol. The number of amides is 1. The van der Waals surface area contributed by atoms with Gasteiger partial charge in [-0.05, 0) is 56.3 Å². The first-order valence-corrected chi connectivity index (χ1v) is 9.89. The maximum Gasteiger partial charge on any atom is 0.305 e. The Morgan fingerprint density at radius 2 is 1.96 bits per heavy atom. The van der Waals surface area contributed by atoms with Crippen molar-refractivity contribution >= 4 is 22.8 Å². The van der Waals surface area contributed by atoms with E-state index in [1.807, 2.05) is 6.07 Å². The summed E-state index contributed by atoms with van der Waals surface area (Å²) in [6.45, 7) is 3.45. The smallest absolute Gasteiger partial charge is 0.305 e. The van der Waals surface area contributed by atoms with Crippen LogP contribution in [0.4, 0.5) is 0 Å². The zero-order chi connectivity index (χ0) is 19.1. The number of nitrogens with zero attached hydrogens (tertiary/aromatic N) is 1. The van der Waals surface area contributed by atoms with Crippen molar-refractivity contribution in [3.05, 3.63) is 36.0 Å². The van der Waals surface area contributed by atoms with E-state index in [9.17, 15) is 9.59 Å². The van der Waals surface area contributed by atoms with Crippen molar-refractivity contribution < 1.29 is 14.7 Å². The van der Waals surface area contributed by atoms with Gasteiger partial charge in [-0.15, -0.1) is 0 Å². The Morgan fingerprint density at radius 1 is 1.19 bits per heavy atom. The number of piperidine rings is 1. The molecule has 1 aromatic heterocycles. The molecule has 3 N–H and O–H groups in total. The average Bonchev–Trinajstić information content (AvgIpc) is 3.03. The molecule has 0 spiro atoms. The van der Waals surface area contributed by atoms with Crippen molar-refractivity contribution in [3.8, 4) is 0 Å². The lowest BCUT2D eigenvalue weighted by Gasteiger charge is -2.22. The number of para-hydroxylation sites is 1. The summed E-state index contributed by atoms with van der Waals surface area (Å²) in [6.07, 6.45) is 6.89. The molecule has 2 heterocycles. The van der Waals surface area contributed by atoms with Gasteiger partial charge in [-0.1, -0.05) is 18.2 Å². The van der Waals surface area contributed by atoms with Gasteiger partial charge in [-0.25, -0.2) is 0 Å². The minimum atomic E-state index is -0.896. The lowest BCUT2D eigenvalue weighted by molar-refractivity contribution is -0.136. The number of aryl methyl sites for hydroxylation is 2. The molecule has 1 aliphatic rings. The Morgan fingerprint density at radius 3 is 2.74 bits per heavy atom. The monoisotopic (exact) mass is 371 g/mol. The minimum absolute atomic E-state index is 0.0399. The first-order chi connectivity index (χ1) is 13.1. The highest BCUT2D eigenvalue weighted by Crippen LogP contribution is 2.25. The van der Waals surface area contributed by atoms with Crippen LogP contribution in [-0.4, -0.2) is 41.2 Å². The van der Waals surface area contributed by atoms with Crippen LogP contribution >= 0.6 is 0 Å². The Hall–Kier alpha value is -2.34. The molecule has 0 bridgehead atoms. The fourth-order valence-corrected chi connectivity index (χ4v) is 3.84. The van der Waals surface area contributed by atoms with E-state index in [2.05, 4.69) is 39.6 Å². The third-order valence-corrected chi connectivity index (χ3v) is 5.39. The second kappa shape index (κ2) is 9.55. The molecule has 2 aromatic rings. The Kier molecular flexibility index (Phi) is 6.87. The summed E-state index contributed by atoms with van der Waals surface area (Å²) in [6, 6.07) is 8.36. The molecule has 6 nitrogen and oxygen atoms in total. The zero-order valence-corrected chi connectivity index (χ0v) is 15.7. The summed E-state index contributed by atoms with van der Waals surface area (Å²) in [5, 5.41) is 15.9. The standard InChI is InChI=1S/C21H29N3O3/c25-20(23-13-9-21(26)27)6-5-17-15-24(19-4-2-1-3-18(17)19)14-10-16-7-11-22-12-8-16/h1-4,15-16,22H,5-14H2,(H,23,25)(H,26,27). The molecule has 6 heteroatoms. The molecule has 27 heavy (non-hydrogen) atoms. The maximum absolute atomic E-state index is 12.0. The molecule has 1 aliphatic heterocycles. The van der Waals surface area contributed by atoms with E-state index in [-0.39, 0.29) is 18.9 Å². The molecule has 0 radical (unpaired) electrons. The number of hydrogen-bond acceptors (Lipinski definition) is 3. The van der Waals surface area contributed by atoms with Crippen LogP contribution in [0.5, 0.6) is 0 Å². The van der Waals surface area contributed by atoms with Gasteiger partial charge < -0.3 is 20.3 Å². The number of benzene rings is 1. The van der Waals surface area contributed by atoms with Gasteiger partial charge in [-0.3, -0.25) is 9.59 Å². The first kappa shape index (κ1) is 19.4. The topological polar surface area (TPSA) is 83.4 Å². The molecule has 146 valence electrons. The predicted octanol–water partition coefficient (Wildman–Crippen LogP) is 2.55. The van der Waals surface area contributed by atoms with Crippen LogP contribution in [0, 0.1) is 5.92 Å². The van der Waals surface area contributed by atoms with E-state index in [1.54, 1.807) is 0 Å². The number of rotatable bonds is 9. The summed E-state index contributed by atoms with van der Waals surface area (Å²) in [5.74, 6) is -0.203. The van der Waals surface area contributed by atoms with Gasteiger partial charge in [0.25, 0.3) is 0 Å². The van der Waals surface area contributed by atoms with Crippen LogP contribution < -0.4 is 10.6 Å². The minimum Gasteiger partial charge on any atom is -0.481 e. The molecule has 0 unspecified atom stereocenters. The summed E-state index contributed by atoms with van der Waals surface area (Å²) >= 11 is 0. The molecule has 1 saturated heterocycles. The molecule has 1 aromatic carbocycles. The fraction of sp³-hybridized carbons (Fsp3) is 0.524. The highest BCUT2D eigenvalue weighted by molar-refractivity contribution is 5.85. The molecule has 0 saturated carbocycles. The molecular weight excluding hydrogens is 342 g/mol. The van der Waals surface area contributed by atoms with Crippen LogP contribution in [0.2, 0.25) is 0 Å². The largest absolute Gasteiger partial charge is 0.481 e. The van der Waals surface area contributed by atoms with Gasteiger partial charge in [0, 0.05) is 36.6 Å². The van der Waals surface area contributed by atoms with E-state index < -0.39 is 5.97 Å². The SMILES string of the molecule is O=C(O)CCNC(=O)CCc1cn(CCC2CCNCC2)c2ccccc12. The lowest BCUT2D eigenvalue weighted by atomic mass is 9.95. The fourth-order valence-electron chi connectivity index (χ4n) is 3.84. The van der Waals surface area contributed by atoms with Crippen LogP contribution in [-0.2, 0) is 22.6 Å². The number of hydrogen-bond donors (Lipinski definition) is 3. The third-order valence-electron chi connectivity index (χ3n) is 5.39. The summed E-state index contributed by atoms with van der Waals surface area (Å²) in [4.78, 5) is 22.5. The summed E-state index contributed by atoms with van der Waals surface area (Å²) in [5.41, 5.74) is 2.41. The molecule has 3 rings (SSSR count). The van der Waals surface area contributed by atoms with E-state index in [0.717, 1.165) is 25.6 Å². The van der Waals surface area contributed by atoms with Gasteiger partial charge in [0.1, 0.15) is 0 Å². The zero-order valence-electron chi connectivity index (χ0n) is 15.7. The number of carboxylic acid groups (broad SMARTS) is 1. The second-order valence-electron chi connectivity index (χ2n) is 7.34. The highest BCUT2D eigenvalue weighted by atomic mass is 16.4. The maximum atomic E-state index is 12.0. The number of fused-ring (bicyclic) bond motifs is 1. The Balaban J connectivity index is 1.60. The highest BCUT2D eigenvalue weighted by Gasteiger charge is 2.15. The van der Waals surface area contributed by atoms with E-state index in [1.165, 1.54) is 35.7 Å². The lowest BCUT2D eigenvalue weighted by Crippen LogP contribution is -2.28. The Bertz CT molecular complexity index is 778. The molecule has 0 atom stereocenters. The van der Waals surface area contributed by atoms with Crippen LogP contribution in [0.25, 0.3) is 10.9 Å². The van der Waals surface area contributed by atoms with Crippen molar-refractivity contribution in [2.24, 2.45) is 5.92 Å². The second-order valence-corrected chi connectivity index (χ2v) is 7.34. The number of carbonyl (C=O) groups is 2.